The third-order valence-electron chi connectivity index (χ3n) is 5.22. The zero-order chi connectivity index (χ0) is 23.1. The van der Waals surface area contributed by atoms with Crippen LogP contribution in [0, 0.1) is 0 Å². The first-order valence-corrected chi connectivity index (χ1v) is 10.8. The first-order valence-electron chi connectivity index (χ1n) is 10.8. The molecule has 0 radical (unpaired) electrons. The van der Waals surface area contributed by atoms with E-state index in [1.165, 1.54) is 4.90 Å². The Kier molecular flexibility index (Phi) is 7.89. The smallest absolute Gasteiger partial charge is 0.295 e. The summed E-state index contributed by atoms with van der Waals surface area (Å²) in [6, 6.07) is 13.3. The molecule has 0 spiro atoms. The van der Waals surface area contributed by atoms with Gasteiger partial charge in [0.25, 0.3) is 11.7 Å². The molecule has 7 nitrogen and oxygen atoms in total. The van der Waals surface area contributed by atoms with E-state index in [0.717, 1.165) is 0 Å². The molecule has 0 aromatic heterocycles. The highest BCUT2D eigenvalue weighted by atomic mass is 16.5. The van der Waals surface area contributed by atoms with Gasteiger partial charge in [-0.25, -0.2) is 0 Å². The van der Waals surface area contributed by atoms with E-state index in [1.54, 1.807) is 49.6 Å². The molecule has 1 fully saturated rings. The molecule has 0 bridgehead atoms. The SMILES string of the molecule is CCOc1ccc(C2C(=C(O)c3ccccc3)C(=O)C(=O)N2CCCOC)cc1OCC. The number of benzene rings is 2. The number of ketones is 1. The van der Waals surface area contributed by atoms with Gasteiger partial charge in [0.15, 0.2) is 11.5 Å². The van der Waals surface area contributed by atoms with Crippen molar-refractivity contribution in [3.8, 4) is 11.5 Å². The number of hydrogen-bond acceptors (Lipinski definition) is 6. The van der Waals surface area contributed by atoms with Gasteiger partial charge in [0.1, 0.15) is 5.76 Å². The fraction of sp³-hybridized carbons (Fsp3) is 0.360. The highest BCUT2D eigenvalue weighted by molar-refractivity contribution is 6.46. The van der Waals surface area contributed by atoms with Gasteiger partial charge < -0.3 is 24.2 Å². The second-order valence-electron chi connectivity index (χ2n) is 7.28. The second kappa shape index (κ2) is 10.8. The third kappa shape index (κ3) is 4.78. The average Bonchev–Trinajstić information content (AvgIpc) is 3.06. The topological polar surface area (TPSA) is 85.3 Å². The summed E-state index contributed by atoms with van der Waals surface area (Å²) in [7, 11) is 1.59. The monoisotopic (exact) mass is 439 g/mol. The van der Waals surface area contributed by atoms with Crippen molar-refractivity contribution in [3.63, 3.8) is 0 Å². The van der Waals surface area contributed by atoms with Crippen molar-refractivity contribution >= 4 is 17.4 Å². The van der Waals surface area contributed by atoms with Crippen LogP contribution in [-0.2, 0) is 14.3 Å². The lowest BCUT2D eigenvalue weighted by Gasteiger charge is -2.26. The van der Waals surface area contributed by atoms with Crippen LogP contribution in [0.1, 0.15) is 37.4 Å². The maximum Gasteiger partial charge on any atom is 0.295 e. The van der Waals surface area contributed by atoms with Gasteiger partial charge in [0.2, 0.25) is 0 Å². The molecular weight excluding hydrogens is 410 g/mol. The van der Waals surface area contributed by atoms with E-state index >= 15 is 0 Å². The van der Waals surface area contributed by atoms with Crippen molar-refractivity contribution in [3.05, 3.63) is 65.2 Å². The van der Waals surface area contributed by atoms with Crippen LogP contribution in [0.2, 0.25) is 0 Å². The minimum absolute atomic E-state index is 0.0604. The van der Waals surface area contributed by atoms with Crippen molar-refractivity contribution in [2.45, 2.75) is 26.3 Å². The van der Waals surface area contributed by atoms with Gasteiger partial charge in [0, 0.05) is 25.8 Å². The van der Waals surface area contributed by atoms with Crippen LogP contribution in [0.15, 0.2) is 54.1 Å². The number of nitrogens with zero attached hydrogens (tertiary/aromatic N) is 1. The van der Waals surface area contributed by atoms with Gasteiger partial charge >= 0.3 is 0 Å². The fourth-order valence-electron chi connectivity index (χ4n) is 3.83. The molecular formula is C25H29NO6. The lowest BCUT2D eigenvalue weighted by molar-refractivity contribution is -0.140. The number of aliphatic hydroxyl groups excluding tert-OH is 1. The minimum Gasteiger partial charge on any atom is -0.507 e. The molecule has 3 rings (SSSR count). The van der Waals surface area contributed by atoms with Crippen LogP contribution < -0.4 is 9.47 Å². The number of carbonyl (C=O) groups is 2. The molecule has 1 unspecified atom stereocenters. The number of carbonyl (C=O) groups excluding carboxylic acids is 2. The Morgan fingerprint density at radius 2 is 1.69 bits per heavy atom. The van der Waals surface area contributed by atoms with Crippen LogP contribution in [0.5, 0.6) is 11.5 Å². The van der Waals surface area contributed by atoms with Crippen molar-refractivity contribution in [1.29, 1.82) is 0 Å². The van der Waals surface area contributed by atoms with Crippen LogP contribution in [0.25, 0.3) is 5.76 Å². The Bertz CT molecular complexity index is 985. The van der Waals surface area contributed by atoms with Gasteiger partial charge in [-0.05, 0) is 38.0 Å². The molecule has 32 heavy (non-hydrogen) atoms. The number of hydrogen-bond donors (Lipinski definition) is 1. The van der Waals surface area contributed by atoms with Gasteiger partial charge in [-0.3, -0.25) is 9.59 Å². The van der Waals surface area contributed by atoms with Gasteiger partial charge in [-0.1, -0.05) is 36.4 Å². The molecule has 1 atom stereocenters. The summed E-state index contributed by atoms with van der Waals surface area (Å²) in [5, 5.41) is 11.0. The van der Waals surface area contributed by atoms with E-state index in [4.69, 9.17) is 14.2 Å². The van der Waals surface area contributed by atoms with Gasteiger partial charge in [-0.15, -0.1) is 0 Å². The quantitative estimate of drug-likeness (QED) is 0.261. The normalized spacial score (nSPS) is 17.6. The second-order valence-corrected chi connectivity index (χ2v) is 7.28. The number of ether oxygens (including phenoxy) is 3. The average molecular weight is 440 g/mol. The summed E-state index contributed by atoms with van der Waals surface area (Å²) < 4.78 is 16.5. The lowest BCUT2D eigenvalue weighted by atomic mass is 9.95. The number of methoxy groups -OCH3 is 1. The minimum atomic E-state index is -0.748. The predicted octanol–water partition coefficient (Wildman–Crippen LogP) is 3.94. The van der Waals surface area contributed by atoms with Crippen molar-refractivity contribution in [2.24, 2.45) is 0 Å². The standard InChI is InChI=1S/C25H29NO6/c1-4-31-19-13-12-18(16-20(19)32-5-2)22-21(23(27)17-10-7-6-8-11-17)24(28)25(29)26(22)14-9-15-30-3/h6-8,10-13,16,22,27H,4-5,9,14-15H2,1-3H3. The first-order chi connectivity index (χ1) is 15.5. The Balaban J connectivity index is 2.14. The highest BCUT2D eigenvalue weighted by Gasteiger charge is 2.46. The Morgan fingerprint density at radius 3 is 2.34 bits per heavy atom. The van der Waals surface area contributed by atoms with Gasteiger partial charge in [0.05, 0.1) is 24.8 Å². The molecule has 1 amide bonds. The van der Waals surface area contributed by atoms with Gasteiger partial charge in [-0.2, -0.15) is 0 Å². The number of aliphatic hydroxyl groups is 1. The predicted molar refractivity (Wildman–Crippen MR) is 121 cm³/mol. The molecule has 7 heteroatoms. The molecule has 0 aliphatic carbocycles. The molecule has 1 heterocycles. The van der Waals surface area contributed by atoms with E-state index in [0.29, 0.717) is 55.4 Å². The zero-order valence-corrected chi connectivity index (χ0v) is 18.7. The maximum absolute atomic E-state index is 13.0. The number of amides is 1. The molecule has 0 saturated carbocycles. The van der Waals surface area contributed by atoms with Crippen LogP contribution in [0.3, 0.4) is 0 Å². The molecule has 1 aliphatic heterocycles. The van der Waals surface area contributed by atoms with E-state index in [1.807, 2.05) is 19.9 Å². The Labute approximate surface area is 188 Å². The number of Topliss-reactive ketones (excluding diaryl/α,β-unsaturated/α-hetero) is 1. The molecule has 1 saturated heterocycles. The van der Waals surface area contributed by atoms with Crippen molar-refractivity contribution in [1.82, 2.24) is 4.90 Å². The zero-order valence-electron chi connectivity index (χ0n) is 18.7. The van der Waals surface area contributed by atoms with Crippen molar-refractivity contribution < 1.29 is 28.9 Å². The summed E-state index contributed by atoms with van der Waals surface area (Å²) in [6.45, 7) is 5.42. The summed E-state index contributed by atoms with van der Waals surface area (Å²) >= 11 is 0. The van der Waals surface area contributed by atoms with E-state index in [2.05, 4.69) is 0 Å². The Hall–Kier alpha value is -3.32. The lowest BCUT2D eigenvalue weighted by Crippen LogP contribution is -2.31. The molecule has 2 aromatic rings. The van der Waals surface area contributed by atoms with Crippen LogP contribution in [-0.4, -0.2) is 55.2 Å². The summed E-state index contributed by atoms with van der Waals surface area (Å²) in [6.07, 6.45) is 0.556. The highest BCUT2D eigenvalue weighted by Crippen LogP contribution is 2.42. The number of likely N-dealkylation sites (tertiary alicyclic amines) is 1. The Morgan fingerprint density at radius 1 is 1.00 bits per heavy atom. The summed E-state index contributed by atoms with van der Waals surface area (Å²) in [4.78, 5) is 27.5. The van der Waals surface area contributed by atoms with E-state index in [-0.39, 0.29) is 11.3 Å². The van der Waals surface area contributed by atoms with Crippen LogP contribution >= 0.6 is 0 Å². The van der Waals surface area contributed by atoms with Crippen LogP contribution in [0.4, 0.5) is 0 Å². The molecule has 170 valence electrons. The maximum atomic E-state index is 13.0. The van der Waals surface area contributed by atoms with Crippen molar-refractivity contribution in [2.75, 3.05) is 33.5 Å². The third-order valence-corrected chi connectivity index (χ3v) is 5.22. The summed E-state index contributed by atoms with van der Waals surface area (Å²) in [5.74, 6) is -0.447. The molecule has 2 aromatic carbocycles. The number of rotatable bonds is 10. The largest absolute Gasteiger partial charge is 0.507 e. The van der Waals surface area contributed by atoms with E-state index < -0.39 is 17.7 Å². The molecule has 1 N–H and O–H groups in total. The van der Waals surface area contributed by atoms with E-state index in [9.17, 15) is 14.7 Å². The fourth-order valence-corrected chi connectivity index (χ4v) is 3.83. The first kappa shape index (κ1) is 23.3. The summed E-state index contributed by atoms with van der Waals surface area (Å²) in [5.41, 5.74) is 1.19. The molecule has 1 aliphatic rings.